The van der Waals surface area contributed by atoms with Gasteiger partial charge in [-0.2, -0.15) is 13.2 Å². The van der Waals surface area contributed by atoms with E-state index in [4.69, 9.17) is 9.90 Å². The van der Waals surface area contributed by atoms with Gasteiger partial charge in [-0.15, -0.1) is 0 Å². The highest BCUT2D eigenvalue weighted by atomic mass is 19.4. The van der Waals surface area contributed by atoms with Crippen molar-refractivity contribution in [2.24, 2.45) is 0 Å². The first-order chi connectivity index (χ1) is 6.34. The quantitative estimate of drug-likeness (QED) is 0.465. The van der Waals surface area contributed by atoms with Crippen LogP contribution in [-0.4, -0.2) is 45.4 Å². The normalized spacial score (nSPS) is 18.3. The summed E-state index contributed by atoms with van der Waals surface area (Å²) in [5.74, 6) is -3.01. The molecule has 0 aromatic heterocycles. The minimum Gasteiger partial charge on any atom is -0.542 e. The standard InChI is InChI=1S/C5H12N2.C2HF3O2/c1-7-4-2-6-3-5-7;3-2(4,5)1(6)7/h6H,2-5H2,1H3;(H,6,7). The second-order valence-electron chi connectivity index (χ2n) is 2.99. The van der Waals surface area contributed by atoms with Crippen LogP contribution in [0.5, 0.6) is 0 Å². The molecule has 1 aliphatic heterocycles. The molecular weight excluding hydrogens is 201 g/mol. The van der Waals surface area contributed by atoms with Crippen molar-refractivity contribution in [2.75, 3.05) is 33.2 Å². The molecule has 1 fully saturated rings. The topological polar surface area (TPSA) is 56.6 Å². The van der Waals surface area contributed by atoms with Gasteiger partial charge in [0.1, 0.15) is 5.97 Å². The number of rotatable bonds is 0. The summed E-state index contributed by atoms with van der Waals surface area (Å²) in [7, 11) is 2.24. The number of carboxylic acid groups (broad SMARTS) is 1. The molecule has 1 saturated heterocycles. The smallest absolute Gasteiger partial charge is 0.430 e. The summed E-state index contributed by atoms with van der Waals surface area (Å²) in [6, 6.07) is 0. The number of carbonyl (C=O) groups excluding carboxylic acids is 1. The Morgan fingerprint density at radius 1 is 1.36 bits per heavy atom. The monoisotopic (exact) mass is 214 g/mol. The van der Waals surface area contributed by atoms with Crippen LogP contribution in [0, 0.1) is 0 Å². The molecule has 0 aromatic carbocycles. The third kappa shape index (κ3) is 6.67. The molecule has 7 heteroatoms. The van der Waals surface area contributed by atoms with Gasteiger partial charge < -0.3 is 20.1 Å². The lowest BCUT2D eigenvalue weighted by Crippen LogP contribution is -3.12. The molecule has 0 unspecified atom stereocenters. The number of nitrogens with one attached hydrogen (secondary N) is 2. The zero-order valence-corrected chi connectivity index (χ0v) is 7.78. The van der Waals surface area contributed by atoms with Gasteiger partial charge in [0.15, 0.2) is 0 Å². The van der Waals surface area contributed by atoms with Crippen LogP contribution in [0.25, 0.3) is 0 Å². The zero-order valence-electron chi connectivity index (χ0n) is 7.78. The lowest BCUT2D eigenvalue weighted by atomic mass is 10.4. The minimum absolute atomic E-state index is 1.20. The molecule has 0 bridgehead atoms. The number of aliphatic carboxylic acids is 1. The highest BCUT2D eigenvalue weighted by Crippen LogP contribution is 2.11. The van der Waals surface area contributed by atoms with Crippen molar-refractivity contribution in [3.63, 3.8) is 0 Å². The second-order valence-corrected chi connectivity index (χ2v) is 2.99. The van der Waals surface area contributed by atoms with Gasteiger partial charge in [0, 0.05) is 13.1 Å². The van der Waals surface area contributed by atoms with Gasteiger partial charge >= 0.3 is 6.18 Å². The molecule has 2 N–H and O–H groups in total. The van der Waals surface area contributed by atoms with E-state index in [2.05, 4.69) is 12.4 Å². The number of carbonyl (C=O) groups is 1. The first kappa shape index (κ1) is 13.2. The molecule has 1 aliphatic rings. The van der Waals surface area contributed by atoms with Gasteiger partial charge in [-0.05, 0) is 0 Å². The molecule has 0 spiro atoms. The highest BCUT2D eigenvalue weighted by Gasteiger charge is 2.28. The zero-order chi connectivity index (χ0) is 11.2. The number of hydrogen-bond donors (Lipinski definition) is 2. The Morgan fingerprint density at radius 2 is 1.71 bits per heavy atom. The van der Waals surface area contributed by atoms with Crippen molar-refractivity contribution in [3.8, 4) is 0 Å². The number of likely N-dealkylation sites (N-methyl/N-ethyl adjacent to an activating group) is 1. The van der Waals surface area contributed by atoms with Crippen molar-refractivity contribution in [2.45, 2.75) is 6.18 Å². The lowest BCUT2D eigenvalue weighted by Gasteiger charge is -2.19. The summed E-state index contributed by atoms with van der Waals surface area (Å²) in [4.78, 5) is 10.4. The van der Waals surface area contributed by atoms with Crippen molar-refractivity contribution in [1.29, 1.82) is 0 Å². The van der Waals surface area contributed by atoms with Crippen LogP contribution in [0.4, 0.5) is 13.2 Å². The van der Waals surface area contributed by atoms with E-state index in [0.717, 1.165) is 0 Å². The van der Waals surface area contributed by atoms with Crippen molar-refractivity contribution >= 4 is 5.97 Å². The Balaban J connectivity index is 0.000000241. The molecule has 1 rings (SSSR count). The molecule has 14 heavy (non-hydrogen) atoms. The number of halogens is 3. The van der Waals surface area contributed by atoms with Crippen molar-refractivity contribution < 1.29 is 28.0 Å². The molecule has 0 amide bonds. The third-order valence-corrected chi connectivity index (χ3v) is 1.69. The largest absolute Gasteiger partial charge is 0.542 e. The summed E-state index contributed by atoms with van der Waals surface area (Å²) in [5, 5.41) is 12.1. The van der Waals surface area contributed by atoms with Crippen LogP contribution in [0.15, 0.2) is 0 Å². The van der Waals surface area contributed by atoms with Gasteiger partial charge in [0.25, 0.3) is 0 Å². The lowest BCUT2D eigenvalue weighted by molar-refractivity contribution is -0.881. The van der Waals surface area contributed by atoms with E-state index >= 15 is 0 Å². The fourth-order valence-corrected chi connectivity index (χ4v) is 0.854. The number of quaternary nitrogens is 1. The summed E-state index contributed by atoms with van der Waals surface area (Å²) < 4.78 is 31.5. The summed E-state index contributed by atoms with van der Waals surface area (Å²) in [6.07, 6.45) is -5.19. The fourth-order valence-electron chi connectivity index (χ4n) is 0.854. The van der Waals surface area contributed by atoms with Crippen LogP contribution in [0.3, 0.4) is 0 Å². The number of hydrogen-bond acceptors (Lipinski definition) is 3. The van der Waals surface area contributed by atoms with E-state index in [-0.39, 0.29) is 0 Å². The van der Waals surface area contributed by atoms with Crippen molar-refractivity contribution in [3.05, 3.63) is 0 Å². The number of piperazine rings is 1. The van der Waals surface area contributed by atoms with E-state index in [9.17, 15) is 13.2 Å². The third-order valence-electron chi connectivity index (χ3n) is 1.69. The maximum absolute atomic E-state index is 10.5. The molecular formula is C7H13F3N2O2. The predicted molar refractivity (Wildman–Crippen MR) is 40.6 cm³/mol. The average molecular weight is 214 g/mol. The van der Waals surface area contributed by atoms with Gasteiger partial charge in [0.2, 0.25) is 0 Å². The second kappa shape index (κ2) is 5.82. The maximum atomic E-state index is 10.5. The molecule has 4 nitrogen and oxygen atoms in total. The van der Waals surface area contributed by atoms with E-state index in [1.807, 2.05) is 0 Å². The van der Waals surface area contributed by atoms with E-state index in [1.165, 1.54) is 26.2 Å². The summed E-state index contributed by atoms with van der Waals surface area (Å²) in [6.45, 7) is 4.98. The Labute approximate surface area is 79.7 Å². The Kier molecular flexibility index (Phi) is 5.47. The summed E-state index contributed by atoms with van der Waals surface area (Å²) in [5.41, 5.74) is 0. The van der Waals surface area contributed by atoms with Crippen LogP contribution >= 0.6 is 0 Å². The molecule has 0 saturated carbocycles. The summed E-state index contributed by atoms with van der Waals surface area (Å²) >= 11 is 0. The fraction of sp³-hybridized carbons (Fsp3) is 0.857. The van der Waals surface area contributed by atoms with E-state index < -0.39 is 12.1 Å². The van der Waals surface area contributed by atoms with Gasteiger partial charge in [-0.3, -0.25) is 0 Å². The molecule has 0 aliphatic carbocycles. The Morgan fingerprint density at radius 3 is 1.86 bits per heavy atom. The predicted octanol–water partition coefficient (Wildman–Crippen LogP) is -2.60. The average Bonchev–Trinajstić information content (AvgIpc) is 2.04. The Bertz CT molecular complexity index is 178. The van der Waals surface area contributed by atoms with Crippen LogP contribution in [0.2, 0.25) is 0 Å². The van der Waals surface area contributed by atoms with E-state index in [0.29, 0.717) is 0 Å². The van der Waals surface area contributed by atoms with Crippen LogP contribution < -0.4 is 15.3 Å². The Hall–Kier alpha value is -0.820. The molecule has 1 heterocycles. The van der Waals surface area contributed by atoms with Crippen molar-refractivity contribution in [1.82, 2.24) is 5.32 Å². The SMILES string of the molecule is C[NH+]1CCNCC1.O=C([O-])C(F)(F)F. The maximum Gasteiger partial charge on any atom is 0.430 e. The molecule has 84 valence electrons. The van der Waals surface area contributed by atoms with Crippen LogP contribution in [0.1, 0.15) is 0 Å². The van der Waals surface area contributed by atoms with Gasteiger partial charge in [-0.1, -0.05) is 0 Å². The number of carboxylic acids is 1. The number of alkyl halides is 3. The molecule has 0 radical (unpaired) electrons. The highest BCUT2D eigenvalue weighted by molar-refractivity contribution is 5.70. The first-order valence-corrected chi connectivity index (χ1v) is 4.14. The van der Waals surface area contributed by atoms with Crippen LogP contribution in [-0.2, 0) is 4.79 Å². The van der Waals surface area contributed by atoms with E-state index in [1.54, 1.807) is 4.90 Å². The molecule has 0 atom stereocenters. The minimum atomic E-state index is -5.19. The molecule has 0 aromatic rings. The van der Waals surface area contributed by atoms with Gasteiger partial charge in [0.05, 0.1) is 20.1 Å². The first-order valence-electron chi connectivity index (χ1n) is 4.14. The van der Waals surface area contributed by atoms with Gasteiger partial charge in [-0.25, -0.2) is 0 Å².